The molecule has 0 unspecified atom stereocenters. The maximum Gasteiger partial charge on any atom is 0.394 e. The molecule has 0 aliphatic carbocycles. The molecule has 0 aliphatic heterocycles. The van der Waals surface area contributed by atoms with Crippen molar-refractivity contribution in [3.8, 4) is 0 Å². The lowest BCUT2D eigenvalue weighted by atomic mass is 10.2. The van der Waals surface area contributed by atoms with Crippen LogP contribution in [0, 0.1) is 0 Å². The summed E-state index contributed by atoms with van der Waals surface area (Å²) in [6, 6.07) is 9.88. The van der Waals surface area contributed by atoms with Gasteiger partial charge in [-0.25, -0.2) is 0 Å². The Hall–Kier alpha value is -2.63. The number of nitrogens with one attached hydrogen (secondary N) is 1. The first-order valence-electron chi connectivity index (χ1n) is 5.83. The fraction of sp³-hybridized carbons (Fsp3) is 0.0909. The van der Waals surface area contributed by atoms with E-state index in [9.17, 15) is 0 Å². The summed E-state index contributed by atoms with van der Waals surface area (Å²) in [5.41, 5.74) is 18.1. The van der Waals surface area contributed by atoms with E-state index >= 15 is 0 Å². The molecule has 0 fully saturated rings. The van der Waals surface area contributed by atoms with Crippen molar-refractivity contribution in [2.24, 2.45) is 0 Å². The van der Waals surface area contributed by atoms with E-state index in [0.29, 0.717) is 12.5 Å². The number of nitrogens with two attached hydrogens (primary N) is 3. The van der Waals surface area contributed by atoms with Crippen molar-refractivity contribution in [2.75, 3.05) is 22.5 Å². The van der Waals surface area contributed by atoms with Crippen LogP contribution in [0.4, 0.5) is 23.3 Å². The summed E-state index contributed by atoms with van der Waals surface area (Å²) in [5, 5.41) is 3.03. The summed E-state index contributed by atoms with van der Waals surface area (Å²) >= 11 is 0. The van der Waals surface area contributed by atoms with Gasteiger partial charge in [0, 0.05) is 6.54 Å². The van der Waals surface area contributed by atoms with Crippen LogP contribution in [0.15, 0.2) is 30.3 Å². The molecule has 0 saturated heterocycles. The molecule has 0 radical (unpaired) electrons. The number of hydrogen-bond acceptors (Lipinski definition) is 8. The third-order valence-electron chi connectivity index (χ3n) is 2.30. The van der Waals surface area contributed by atoms with Crippen LogP contribution in [0.2, 0.25) is 0 Å². The number of rotatable bonds is 3. The minimum atomic E-state index is -4.67. The lowest BCUT2D eigenvalue weighted by Gasteiger charge is -2.08. The summed E-state index contributed by atoms with van der Waals surface area (Å²) in [7, 11) is -4.67. The second-order valence-corrected chi connectivity index (χ2v) is 4.91. The molecule has 1 heterocycles. The van der Waals surface area contributed by atoms with Gasteiger partial charge in [0.2, 0.25) is 5.95 Å². The van der Waals surface area contributed by atoms with Gasteiger partial charge in [-0.2, -0.15) is 18.4 Å². The lowest BCUT2D eigenvalue weighted by Crippen LogP contribution is -2.10. The van der Waals surface area contributed by atoms with E-state index in [1.807, 2.05) is 30.3 Å². The number of anilines is 4. The molecular weight excluding hydrogens is 312 g/mol. The SMILES string of the molecule is Nc1nc(NCc2ccccc2)nc(N)c1N.O=S(=O)(O)O. The van der Waals surface area contributed by atoms with Gasteiger partial charge in [-0.05, 0) is 5.56 Å². The molecule has 1 aromatic heterocycles. The quantitative estimate of drug-likeness (QED) is 0.423. The predicted octanol–water partition coefficient (Wildman–Crippen LogP) is 0.182. The highest BCUT2D eigenvalue weighted by atomic mass is 32.3. The fourth-order valence-electron chi connectivity index (χ4n) is 1.36. The normalized spacial score (nSPS) is 10.5. The van der Waals surface area contributed by atoms with Gasteiger partial charge in [-0.15, -0.1) is 0 Å². The van der Waals surface area contributed by atoms with Gasteiger partial charge in [-0.1, -0.05) is 30.3 Å². The molecule has 10 nitrogen and oxygen atoms in total. The van der Waals surface area contributed by atoms with Crippen LogP contribution >= 0.6 is 0 Å². The standard InChI is InChI=1S/C11H14N6.H2O4S/c12-8-9(13)16-11(17-10(8)14)15-6-7-4-2-1-3-5-7;1-5(2,3)4/h1-5H,6,12H2,(H5,13,14,15,16,17);(H2,1,2,3,4). The molecule has 11 heteroatoms. The van der Waals surface area contributed by atoms with Crippen LogP contribution in [0.5, 0.6) is 0 Å². The van der Waals surface area contributed by atoms with Gasteiger partial charge in [-0.3, -0.25) is 9.11 Å². The maximum absolute atomic E-state index is 8.74. The van der Waals surface area contributed by atoms with E-state index in [1.165, 1.54) is 0 Å². The van der Waals surface area contributed by atoms with E-state index in [2.05, 4.69) is 15.3 Å². The maximum atomic E-state index is 8.74. The summed E-state index contributed by atoms with van der Waals surface area (Å²) < 4.78 is 31.6. The molecule has 0 aliphatic rings. The number of nitrogens with zero attached hydrogens (tertiary/aromatic N) is 2. The molecule has 22 heavy (non-hydrogen) atoms. The second kappa shape index (κ2) is 7.40. The van der Waals surface area contributed by atoms with E-state index in [4.69, 9.17) is 34.7 Å². The highest BCUT2D eigenvalue weighted by molar-refractivity contribution is 7.79. The minimum absolute atomic E-state index is 0.188. The van der Waals surface area contributed by atoms with Gasteiger partial charge in [0.15, 0.2) is 11.6 Å². The fourth-order valence-corrected chi connectivity index (χ4v) is 1.36. The smallest absolute Gasteiger partial charge is 0.393 e. The predicted molar refractivity (Wildman–Crippen MR) is 83.2 cm³/mol. The zero-order chi connectivity index (χ0) is 16.8. The Balaban J connectivity index is 0.000000422. The summed E-state index contributed by atoms with van der Waals surface area (Å²) in [6.07, 6.45) is 0. The van der Waals surface area contributed by atoms with Crippen molar-refractivity contribution in [2.45, 2.75) is 6.54 Å². The van der Waals surface area contributed by atoms with Crippen LogP contribution in [0.25, 0.3) is 0 Å². The summed E-state index contributed by atoms with van der Waals surface area (Å²) in [5.74, 6) is 0.749. The highest BCUT2D eigenvalue weighted by Crippen LogP contribution is 2.19. The van der Waals surface area contributed by atoms with E-state index in [1.54, 1.807) is 0 Å². The Bertz CT molecular complexity index is 692. The van der Waals surface area contributed by atoms with Crippen molar-refractivity contribution in [1.29, 1.82) is 0 Å². The monoisotopic (exact) mass is 328 g/mol. The molecule has 120 valence electrons. The zero-order valence-corrected chi connectivity index (χ0v) is 12.2. The highest BCUT2D eigenvalue weighted by Gasteiger charge is 2.05. The Kier molecular flexibility index (Phi) is 5.86. The van der Waals surface area contributed by atoms with E-state index in [0.717, 1.165) is 5.56 Å². The summed E-state index contributed by atoms with van der Waals surface area (Å²) in [6.45, 7) is 0.601. The number of aromatic nitrogens is 2. The zero-order valence-electron chi connectivity index (χ0n) is 11.3. The van der Waals surface area contributed by atoms with Crippen molar-refractivity contribution < 1.29 is 17.5 Å². The van der Waals surface area contributed by atoms with E-state index < -0.39 is 10.4 Å². The van der Waals surface area contributed by atoms with Crippen LogP contribution in [0.3, 0.4) is 0 Å². The van der Waals surface area contributed by atoms with Crippen LogP contribution in [0.1, 0.15) is 5.56 Å². The van der Waals surface area contributed by atoms with Crippen molar-refractivity contribution in [3.63, 3.8) is 0 Å². The van der Waals surface area contributed by atoms with Crippen LogP contribution in [-0.2, 0) is 16.9 Å². The van der Waals surface area contributed by atoms with Crippen molar-refractivity contribution >= 4 is 33.7 Å². The van der Waals surface area contributed by atoms with Gasteiger partial charge >= 0.3 is 10.4 Å². The van der Waals surface area contributed by atoms with Crippen LogP contribution in [-0.4, -0.2) is 27.5 Å². The van der Waals surface area contributed by atoms with Crippen LogP contribution < -0.4 is 22.5 Å². The Morgan fingerprint density at radius 1 is 1.00 bits per heavy atom. The molecule has 0 saturated carbocycles. The Labute approximate surface area is 126 Å². The topological polar surface area (TPSA) is 190 Å². The van der Waals surface area contributed by atoms with Crippen molar-refractivity contribution in [1.82, 2.24) is 9.97 Å². The molecule has 0 bridgehead atoms. The number of benzene rings is 1. The first-order valence-corrected chi connectivity index (χ1v) is 7.22. The molecule has 0 spiro atoms. The lowest BCUT2D eigenvalue weighted by molar-refractivity contribution is 0.381. The molecule has 0 amide bonds. The first-order chi connectivity index (χ1) is 10.2. The molecule has 2 aromatic rings. The third-order valence-corrected chi connectivity index (χ3v) is 2.30. The van der Waals surface area contributed by atoms with E-state index in [-0.39, 0.29) is 17.3 Å². The average molecular weight is 328 g/mol. The number of hydrogen-bond donors (Lipinski definition) is 6. The Morgan fingerprint density at radius 2 is 1.45 bits per heavy atom. The molecular formula is C11H16N6O4S. The Morgan fingerprint density at radius 3 is 1.91 bits per heavy atom. The molecule has 1 aromatic carbocycles. The summed E-state index contributed by atoms with van der Waals surface area (Å²) in [4.78, 5) is 8.00. The second-order valence-electron chi connectivity index (χ2n) is 4.02. The van der Waals surface area contributed by atoms with Gasteiger partial charge < -0.3 is 22.5 Å². The molecule has 9 N–H and O–H groups in total. The minimum Gasteiger partial charge on any atom is -0.393 e. The third kappa shape index (κ3) is 6.69. The van der Waals surface area contributed by atoms with Gasteiger partial charge in [0.25, 0.3) is 0 Å². The van der Waals surface area contributed by atoms with Crippen molar-refractivity contribution in [3.05, 3.63) is 35.9 Å². The number of nitrogen functional groups attached to an aromatic ring is 3. The largest absolute Gasteiger partial charge is 0.394 e. The molecule has 2 rings (SSSR count). The average Bonchev–Trinajstić information content (AvgIpc) is 2.42. The van der Waals surface area contributed by atoms with Gasteiger partial charge in [0.1, 0.15) is 5.69 Å². The van der Waals surface area contributed by atoms with Gasteiger partial charge in [0.05, 0.1) is 0 Å². The molecule has 0 atom stereocenters. The first kappa shape index (κ1) is 17.4.